The van der Waals surface area contributed by atoms with E-state index in [2.05, 4.69) is 12.1 Å². The molecule has 0 aliphatic heterocycles. The second kappa shape index (κ2) is 6.93. The highest BCUT2D eigenvalue weighted by Crippen LogP contribution is 2.20. The van der Waals surface area contributed by atoms with Crippen LogP contribution in [0, 0.1) is 13.8 Å². The molecule has 0 atom stereocenters. The van der Waals surface area contributed by atoms with Gasteiger partial charge in [0.15, 0.2) is 0 Å². The minimum absolute atomic E-state index is 0.292. The number of hydrogen-bond donors (Lipinski definition) is 0. The molecule has 0 aliphatic carbocycles. The van der Waals surface area contributed by atoms with Crippen molar-refractivity contribution in [3.63, 3.8) is 0 Å². The molecule has 0 heterocycles. The van der Waals surface area contributed by atoms with Crippen molar-refractivity contribution in [3.8, 4) is 5.75 Å². The van der Waals surface area contributed by atoms with E-state index in [0.717, 1.165) is 16.9 Å². The zero-order valence-electron chi connectivity index (χ0n) is 12.7. The quantitative estimate of drug-likeness (QED) is 0.777. The van der Waals surface area contributed by atoms with E-state index in [-0.39, 0.29) is 5.97 Å². The Balaban J connectivity index is 2.00. The molecular weight excluding hydrogens is 264 g/mol. The van der Waals surface area contributed by atoms with Crippen molar-refractivity contribution in [2.24, 2.45) is 0 Å². The van der Waals surface area contributed by atoms with Gasteiger partial charge in [0.25, 0.3) is 0 Å². The molecule has 0 N–H and O–H groups in total. The van der Waals surface area contributed by atoms with E-state index in [1.807, 2.05) is 32.0 Å². The molecule has 0 bridgehead atoms. The maximum Gasteiger partial charge on any atom is 0.338 e. The average molecular weight is 284 g/mol. The Morgan fingerprint density at radius 2 is 1.76 bits per heavy atom. The first-order valence-electron chi connectivity index (χ1n) is 7.06. The van der Waals surface area contributed by atoms with Crippen molar-refractivity contribution in [2.75, 3.05) is 6.61 Å². The summed E-state index contributed by atoms with van der Waals surface area (Å²) in [5.74, 6) is 0.601. The smallest absolute Gasteiger partial charge is 0.338 e. The van der Waals surface area contributed by atoms with Crippen molar-refractivity contribution in [3.05, 3.63) is 64.7 Å². The topological polar surface area (TPSA) is 35.5 Å². The zero-order valence-corrected chi connectivity index (χ0v) is 12.7. The highest BCUT2D eigenvalue weighted by atomic mass is 16.5. The first-order valence-corrected chi connectivity index (χ1v) is 7.06. The fourth-order valence-corrected chi connectivity index (χ4v) is 1.98. The first kappa shape index (κ1) is 15.1. The van der Waals surface area contributed by atoms with Crippen molar-refractivity contribution in [1.82, 2.24) is 0 Å². The molecule has 2 aromatic rings. The van der Waals surface area contributed by atoms with E-state index in [0.29, 0.717) is 18.8 Å². The Bertz CT molecular complexity index is 615. The summed E-state index contributed by atoms with van der Waals surface area (Å²) in [6.45, 7) is 6.73. The van der Waals surface area contributed by atoms with Gasteiger partial charge in [0, 0.05) is 0 Å². The van der Waals surface area contributed by atoms with E-state index in [1.54, 1.807) is 19.1 Å². The van der Waals surface area contributed by atoms with Crippen LogP contribution < -0.4 is 4.74 Å². The van der Waals surface area contributed by atoms with Crippen LogP contribution in [0.4, 0.5) is 0 Å². The number of hydrogen-bond acceptors (Lipinski definition) is 3. The molecule has 0 amide bonds. The van der Waals surface area contributed by atoms with Crippen LogP contribution in [0.1, 0.15) is 34.0 Å². The molecular formula is C18H20O3. The predicted molar refractivity (Wildman–Crippen MR) is 82.6 cm³/mol. The third-order valence-electron chi connectivity index (χ3n) is 3.20. The molecule has 2 aromatic carbocycles. The molecule has 0 aromatic heterocycles. The summed E-state index contributed by atoms with van der Waals surface area (Å²) in [6.07, 6.45) is 0. The van der Waals surface area contributed by atoms with Crippen LogP contribution in [0.5, 0.6) is 5.75 Å². The SMILES string of the molecule is CCOC(=O)c1ccc(COc2cc(C)ccc2C)cc1. The van der Waals surface area contributed by atoms with Crippen LogP contribution in [0.25, 0.3) is 0 Å². The molecule has 2 rings (SSSR count). The van der Waals surface area contributed by atoms with E-state index < -0.39 is 0 Å². The first-order chi connectivity index (χ1) is 10.1. The largest absolute Gasteiger partial charge is 0.489 e. The Kier molecular flexibility index (Phi) is 4.99. The molecule has 0 spiro atoms. The van der Waals surface area contributed by atoms with Gasteiger partial charge in [-0.3, -0.25) is 0 Å². The van der Waals surface area contributed by atoms with Gasteiger partial charge >= 0.3 is 5.97 Å². The molecule has 0 unspecified atom stereocenters. The molecule has 21 heavy (non-hydrogen) atoms. The standard InChI is InChI=1S/C18H20O3/c1-4-20-18(19)16-9-7-15(8-10-16)12-21-17-11-13(2)5-6-14(17)3/h5-11H,4,12H2,1-3H3. The van der Waals surface area contributed by atoms with Crippen molar-refractivity contribution in [2.45, 2.75) is 27.4 Å². The molecule has 0 saturated carbocycles. The number of aryl methyl sites for hydroxylation is 2. The van der Waals surface area contributed by atoms with Gasteiger partial charge in [-0.15, -0.1) is 0 Å². The number of ether oxygens (including phenoxy) is 2. The highest BCUT2D eigenvalue weighted by Gasteiger charge is 2.06. The van der Waals surface area contributed by atoms with Crippen LogP contribution in [-0.4, -0.2) is 12.6 Å². The maximum atomic E-state index is 11.6. The van der Waals surface area contributed by atoms with Gasteiger partial charge < -0.3 is 9.47 Å². The van der Waals surface area contributed by atoms with Crippen LogP contribution in [0.2, 0.25) is 0 Å². The summed E-state index contributed by atoms with van der Waals surface area (Å²) < 4.78 is 10.8. The van der Waals surface area contributed by atoms with E-state index in [9.17, 15) is 4.79 Å². The average Bonchev–Trinajstić information content (AvgIpc) is 2.49. The number of rotatable bonds is 5. The summed E-state index contributed by atoms with van der Waals surface area (Å²) in [5.41, 5.74) is 3.87. The van der Waals surface area contributed by atoms with Gasteiger partial charge in [0.05, 0.1) is 12.2 Å². The number of esters is 1. The van der Waals surface area contributed by atoms with Crippen molar-refractivity contribution < 1.29 is 14.3 Å². The molecule has 0 fully saturated rings. The Morgan fingerprint density at radius 3 is 2.43 bits per heavy atom. The second-order valence-electron chi connectivity index (χ2n) is 4.98. The Morgan fingerprint density at radius 1 is 1.05 bits per heavy atom. The van der Waals surface area contributed by atoms with Gasteiger partial charge in [0.2, 0.25) is 0 Å². The normalized spacial score (nSPS) is 10.2. The number of carbonyl (C=O) groups excluding carboxylic acids is 1. The van der Waals surface area contributed by atoms with Crippen LogP contribution >= 0.6 is 0 Å². The fraction of sp³-hybridized carbons (Fsp3) is 0.278. The van der Waals surface area contributed by atoms with Gasteiger partial charge in [-0.25, -0.2) is 4.79 Å². The summed E-state index contributed by atoms with van der Waals surface area (Å²) in [5, 5.41) is 0. The predicted octanol–water partition coefficient (Wildman–Crippen LogP) is 4.06. The van der Waals surface area contributed by atoms with Crippen LogP contribution in [0.15, 0.2) is 42.5 Å². The van der Waals surface area contributed by atoms with Gasteiger partial charge in [-0.1, -0.05) is 24.3 Å². The lowest BCUT2D eigenvalue weighted by molar-refractivity contribution is 0.0526. The monoisotopic (exact) mass is 284 g/mol. The number of carbonyl (C=O) groups is 1. The summed E-state index contributed by atoms with van der Waals surface area (Å²) in [6, 6.07) is 13.4. The molecule has 110 valence electrons. The summed E-state index contributed by atoms with van der Waals surface area (Å²) >= 11 is 0. The zero-order chi connectivity index (χ0) is 15.2. The molecule has 3 heteroatoms. The van der Waals surface area contributed by atoms with Crippen LogP contribution in [-0.2, 0) is 11.3 Å². The van der Waals surface area contributed by atoms with Crippen molar-refractivity contribution in [1.29, 1.82) is 0 Å². The van der Waals surface area contributed by atoms with Gasteiger partial charge in [-0.2, -0.15) is 0 Å². The lowest BCUT2D eigenvalue weighted by Gasteiger charge is -2.10. The van der Waals surface area contributed by atoms with Crippen LogP contribution in [0.3, 0.4) is 0 Å². The lowest BCUT2D eigenvalue weighted by atomic mass is 10.1. The van der Waals surface area contributed by atoms with Crippen molar-refractivity contribution >= 4 is 5.97 Å². The molecule has 0 radical (unpaired) electrons. The molecule has 0 saturated heterocycles. The van der Waals surface area contributed by atoms with E-state index in [4.69, 9.17) is 9.47 Å². The third kappa shape index (κ3) is 4.09. The lowest BCUT2D eigenvalue weighted by Crippen LogP contribution is -2.05. The van der Waals surface area contributed by atoms with E-state index >= 15 is 0 Å². The van der Waals surface area contributed by atoms with Gasteiger partial charge in [-0.05, 0) is 55.7 Å². The molecule has 0 aliphatic rings. The Hall–Kier alpha value is -2.29. The highest BCUT2D eigenvalue weighted by molar-refractivity contribution is 5.89. The summed E-state index contributed by atoms with van der Waals surface area (Å²) in [7, 11) is 0. The molecule has 3 nitrogen and oxygen atoms in total. The minimum atomic E-state index is -0.292. The maximum absolute atomic E-state index is 11.6. The fourth-order valence-electron chi connectivity index (χ4n) is 1.98. The van der Waals surface area contributed by atoms with Gasteiger partial charge in [0.1, 0.15) is 12.4 Å². The Labute approximate surface area is 125 Å². The third-order valence-corrected chi connectivity index (χ3v) is 3.20. The number of benzene rings is 2. The van der Waals surface area contributed by atoms with E-state index in [1.165, 1.54) is 5.56 Å². The summed E-state index contributed by atoms with van der Waals surface area (Å²) in [4.78, 5) is 11.6. The minimum Gasteiger partial charge on any atom is -0.489 e. The second-order valence-corrected chi connectivity index (χ2v) is 4.98.